The normalized spacial score (nSPS) is 11.8. The minimum absolute atomic E-state index is 0.300. The van der Waals surface area contributed by atoms with Gasteiger partial charge in [0.2, 0.25) is 0 Å². The summed E-state index contributed by atoms with van der Waals surface area (Å²) in [6.45, 7) is 4.31. The van der Waals surface area contributed by atoms with Crippen molar-refractivity contribution in [2.24, 2.45) is 4.99 Å². The first-order valence-electron chi connectivity index (χ1n) is 16.3. The highest BCUT2D eigenvalue weighted by Gasteiger charge is 2.22. The minimum atomic E-state index is 0.300. The number of furan rings is 1. The molecule has 0 amide bonds. The monoisotopic (exact) mass is 648 g/mol. The van der Waals surface area contributed by atoms with Gasteiger partial charge < -0.3 is 13.7 Å². The molecule has 0 unspecified atom stereocenters. The molecule has 0 bridgehead atoms. The van der Waals surface area contributed by atoms with Crippen LogP contribution < -0.4 is 4.74 Å². The fourth-order valence-corrected chi connectivity index (χ4v) is 8.70. The van der Waals surface area contributed by atoms with Crippen molar-refractivity contribution in [1.29, 1.82) is 0 Å². The van der Waals surface area contributed by atoms with Crippen LogP contribution in [0.3, 0.4) is 0 Å². The van der Waals surface area contributed by atoms with E-state index < -0.39 is 0 Å². The van der Waals surface area contributed by atoms with E-state index in [0.717, 1.165) is 71.8 Å². The number of hydrogen-bond donors (Lipinski definition) is 0. The molecule has 0 aliphatic rings. The van der Waals surface area contributed by atoms with Crippen LogP contribution in [0.2, 0.25) is 0 Å². The van der Waals surface area contributed by atoms with E-state index in [1.54, 1.807) is 11.3 Å². The Balaban J connectivity index is 1.17. The second kappa shape index (κ2) is 10.9. The number of rotatable bonds is 6. The summed E-state index contributed by atoms with van der Waals surface area (Å²) in [5.41, 5.74) is 9.03. The highest BCUT2D eigenvalue weighted by molar-refractivity contribution is 7.26. The van der Waals surface area contributed by atoms with Gasteiger partial charge in [-0.25, -0.2) is 0 Å². The maximum Gasteiger partial charge on any atom is 0.146 e. The smallest absolute Gasteiger partial charge is 0.146 e. The Kier molecular flexibility index (Phi) is 6.23. The summed E-state index contributed by atoms with van der Waals surface area (Å²) in [5.74, 6) is 0.695. The summed E-state index contributed by atoms with van der Waals surface area (Å²) >= 11 is 1.78. The number of thiophene rings is 1. The first kappa shape index (κ1) is 27.9. The van der Waals surface area contributed by atoms with Crippen molar-refractivity contribution in [3.8, 4) is 22.6 Å². The Morgan fingerprint density at radius 2 is 1.31 bits per heavy atom. The summed E-state index contributed by atoms with van der Waals surface area (Å²) in [4.78, 5) is 4.58. The van der Waals surface area contributed by atoms with Crippen LogP contribution in [-0.2, 0) is 6.61 Å². The molecule has 0 aliphatic heterocycles. The molecule has 7 aromatic carbocycles. The number of benzene rings is 7. The molecule has 0 atom stereocenters. The van der Waals surface area contributed by atoms with Gasteiger partial charge in [0.25, 0.3) is 0 Å². The average Bonchev–Trinajstić information content (AvgIpc) is 3.84. The van der Waals surface area contributed by atoms with Crippen molar-refractivity contribution in [2.75, 3.05) is 0 Å². The number of aromatic nitrogens is 1. The Bertz CT molecular complexity index is 2860. The molecule has 3 heterocycles. The standard InChI is InChI=1S/C44H28N2O2S/c1-45-42-38(25-33(27-13-3-2-4-14-27)44-41(42)32-18-8-12-22-39(32)49-44)47-26-28-23-24-36(40-31-17-7-11-21-37(31)48-43(28)40)46-34-19-9-5-15-29(34)30-16-6-10-20-35(30)46/h2-25H,1,26H2. The van der Waals surface area contributed by atoms with E-state index in [1.807, 2.05) is 18.2 Å². The van der Waals surface area contributed by atoms with Crippen LogP contribution in [0.4, 0.5) is 5.69 Å². The minimum Gasteiger partial charge on any atom is -0.486 e. The molecule has 0 fully saturated rings. The highest BCUT2D eigenvalue weighted by Crippen LogP contribution is 2.49. The molecule has 232 valence electrons. The van der Waals surface area contributed by atoms with Crippen molar-refractivity contribution in [3.63, 3.8) is 0 Å². The fraction of sp³-hybridized carbons (Fsp3) is 0.0227. The molecule has 0 spiro atoms. The number of nitrogens with zero attached hydrogens (tertiary/aromatic N) is 2. The molecule has 10 aromatic rings. The maximum atomic E-state index is 6.78. The second-order valence-corrected chi connectivity index (χ2v) is 13.4. The Hall–Kier alpha value is -6.17. The molecule has 0 saturated carbocycles. The second-order valence-electron chi connectivity index (χ2n) is 12.3. The van der Waals surface area contributed by atoms with Crippen LogP contribution in [-0.4, -0.2) is 11.3 Å². The van der Waals surface area contributed by atoms with Crippen LogP contribution in [0.5, 0.6) is 5.75 Å². The molecular formula is C44H28N2O2S. The summed E-state index contributed by atoms with van der Waals surface area (Å²) in [7, 11) is 0. The van der Waals surface area contributed by atoms with Gasteiger partial charge in [-0.3, -0.25) is 4.99 Å². The van der Waals surface area contributed by atoms with Gasteiger partial charge in [-0.1, -0.05) is 103 Å². The SMILES string of the molecule is C=Nc1c(OCc2ccc(-n3c4ccccc4c4ccccc43)c3c2oc2ccccc23)cc(-c2ccccc2)c2sc3ccccc3c12. The zero-order valence-electron chi connectivity index (χ0n) is 26.4. The zero-order valence-corrected chi connectivity index (χ0v) is 27.2. The molecule has 3 aromatic heterocycles. The van der Waals surface area contributed by atoms with Gasteiger partial charge >= 0.3 is 0 Å². The molecule has 0 saturated heterocycles. The van der Waals surface area contributed by atoms with Gasteiger partial charge in [0, 0.05) is 47.5 Å². The molecule has 4 nitrogen and oxygen atoms in total. The lowest BCUT2D eigenvalue weighted by Crippen LogP contribution is -2.00. The summed E-state index contributed by atoms with van der Waals surface area (Å²) in [6, 6.07) is 50.9. The molecule has 5 heteroatoms. The molecule has 0 radical (unpaired) electrons. The number of para-hydroxylation sites is 3. The van der Waals surface area contributed by atoms with E-state index >= 15 is 0 Å². The van der Waals surface area contributed by atoms with Gasteiger partial charge in [0.1, 0.15) is 29.2 Å². The molecule has 49 heavy (non-hydrogen) atoms. The number of aliphatic imine (C=N–C) groups is 1. The summed E-state index contributed by atoms with van der Waals surface area (Å²) in [5, 5.41) is 6.81. The summed E-state index contributed by atoms with van der Waals surface area (Å²) < 4.78 is 18.2. The predicted molar refractivity (Wildman–Crippen MR) is 206 cm³/mol. The van der Waals surface area contributed by atoms with Crippen molar-refractivity contribution in [1.82, 2.24) is 4.57 Å². The zero-order chi connectivity index (χ0) is 32.5. The van der Waals surface area contributed by atoms with Gasteiger partial charge in [0.05, 0.1) is 22.1 Å². The molecular weight excluding hydrogens is 621 g/mol. The number of hydrogen-bond acceptors (Lipinski definition) is 4. The lowest BCUT2D eigenvalue weighted by molar-refractivity contribution is 0.308. The van der Waals surface area contributed by atoms with Crippen molar-refractivity contribution < 1.29 is 9.15 Å². The topological polar surface area (TPSA) is 39.7 Å². The van der Waals surface area contributed by atoms with Gasteiger partial charge in [0.15, 0.2) is 0 Å². The van der Waals surface area contributed by atoms with Crippen LogP contribution in [0.15, 0.2) is 155 Å². The van der Waals surface area contributed by atoms with E-state index in [0.29, 0.717) is 12.4 Å². The largest absolute Gasteiger partial charge is 0.486 e. The quantitative estimate of drug-likeness (QED) is 0.168. The van der Waals surface area contributed by atoms with Crippen LogP contribution in [0.1, 0.15) is 5.56 Å². The predicted octanol–water partition coefficient (Wildman–Crippen LogP) is 12.6. The lowest BCUT2D eigenvalue weighted by atomic mass is 10.0. The van der Waals surface area contributed by atoms with Gasteiger partial charge in [-0.2, -0.15) is 0 Å². The Labute approximate surface area is 285 Å². The lowest BCUT2D eigenvalue weighted by Gasteiger charge is -2.15. The average molecular weight is 649 g/mol. The van der Waals surface area contributed by atoms with Crippen molar-refractivity contribution in [3.05, 3.63) is 151 Å². The highest BCUT2D eigenvalue weighted by atomic mass is 32.1. The van der Waals surface area contributed by atoms with E-state index in [1.165, 1.54) is 20.2 Å². The van der Waals surface area contributed by atoms with Crippen molar-refractivity contribution in [2.45, 2.75) is 6.61 Å². The Morgan fingerprint density at radius 3 is 2.06 bits per heavy atom. The first-order valence-corrected chi connectivity index (χ1v) is 17.1. The fourth-order valence-electron chi connectivity index (χ4n) is 7.46. The van der Waals surface area contributed by atoms with E-state index in [4.69, 9.17) is 9.15 Å². The van der Waals surface area contributed by atoms with Gasteiger partial charge in [-0.05, 0) is 54.7 Å². The van der Waals surface area contributed by atoms with Crippen LogP contribution >= 0.6 is 11.3 Å². The third kappa shape index (κ3) is 4.19. The number of fused-ring (bicyclic) bond motifs is 9. The van der Waals surface area contributed by atoms with Crippen LogP contribution in [0.25, 0.3) is 80.7 Å². The van der Waals surface area contributed by atoms with Crippen molar-refractivity contribution >= 4 is 87.7 Å². The van der Waals surface area contributed by atoms with E-state index in [2.05, 4.69) is 144 Å². The van der Waals surface area contributed by atoms with E-state index in [-0.39, 0.29) is 0 Å². The molecule has 0 aliphatic carbocycles. The maximum absolute atomic E-state index is 6.78. The molecule has 0 N–H and O–H groups in total. The Morgan fingerprint density at radius 1 is 0.653 bits per heavy atom. The van der Waals surface area contributed by atoms with E-state index in [9.17, 15) is 0 Å². The van der Waals surface area contributed by atoms with Crippen LogP contribution in [0, 0.1) is 0 Å². The first-order chi connectivity index (χ1) is 24.3. The summed E-state index contributed by atoms with van der Waals surface area (Å²) in [6.07, 6.45) is 0. The molecule has 10 rings (SSSR count). The number of ether oxygens (including phenoxy) is 1. The third-order valence-corrected chi connectivity index (χ3v) is 10.8. The van der Waals surface area contributed by atoms with Gasteiger partial charge in [-0.15, -0.1) is 11.3 Å². The third-order valence-electron chi connectivity index (χ3n) is 9.62.